The van der Waals surface area contributed by atoms with E-state index < -0.39 is 0 Å². The Balaban J connectivity index is 2.39. The van der Waals surface area contributed by atoms with Crippen LogP contribution in [0.15, 0.2) is 18.2 Å². The van der Waals surface area contributed by atoms with Gasteiger partial charge in [-0.25, -0.2) is 4.39 Å². The van der Waals surface area contributed by atoms with E-state index in [1.807, 2.05) is 6.07 Å². The van der Waals surface area contributed by atoms with Crippen molar-refractivity contribution in [3.63, 3.8) is 0 Å². The Morgan fingerprint density at radius 3 is 2.79 bits per heavy atom. The molecule has 0 unspecified atom stereocenters. The Labute approximate surface area is 84.9 Å². The van der Waals surface area contributed by atoms with Crippen LogP contribution in [0, 0.1) is 12.7 Å². The second-order valence-electron chi connectivity index (χ2n) is 3.49. The summed E-state index contributed by atoms with van der Waals surface area (Å²) in [5.41, 5.74) is 1.72. The number of hydrogen-bond acceptors (Lipinski definition) is 1. The van der Waals surface area contributed by atoms with Gasteiger partial charge in [-0.3, -0.25) is 0 Å². The summed E-state index contributed by atoms with van der Waals surface area (Å²) in [4.78, 5) is 0. The van der Waals surface area contributed by atoms with Gasteiger partial charge < -0.3 is 4.74 Å². The van der Waals surface area contributed by atoms with Crippen molar-refractivity contribution < 1.29 is 9.13 Å². The normalized spacial score (nSPS) is 10.5. The number of unbranched alkanes of at least 4 members (excludes halogenated alkanes) is 1. The highest BCUT2D eigenvalue weighted by Crippen LogP contribution is 2.10. The van der Waals surface area contributed by atoms with E-state index in [1.54, 1.807) is 13.0 Å². The summed E-state index contributed by atoms with van der Waals surface area (Å²) in [5, 5.41) is 0. The lowest BCUT2D eigenvalue weighted by Gasteiger charge is -2.04. The van der Waals surface area contributed by atoms with Crippen LogP contribution in [0.4, 0.5) is 4.39 Å². The highest BCUT2D eigenvalue weighted by atomic mass is 19.1. The summed E-state index contributed by atoms with van der Waals surface area (Å²) in [6.45, 7) is 5.27. The first-order valence-electron chi connectivity index (χ1n) is 5.07. The van der Waals surface area contributed by atoms with Crippen molar-refractivity contribution in [1.29, 1.82) is 0 Å². The average Bonchev–Trinajstić information content (AvgIpc) is 2.18. The molecule has 0 spiro atoms. The van der Waals surface area contributed by atoms with Gasteiger partial charge in [0.1, 0.15) is 5.82 Å². The molecular formula is C12H17FO. The van der Waals surface area contributed by atoms with Crippen LogP contribution in [0.1, 0.15) is 30.9 Å². The van der Waals surface area contributed by atoms with Gasteiger partial charge >= 0.3 is 0 Å². The number of aryl methyl sites for hydroxylation is 1. The highest BCUT2D eigenvalue weighted by molar-refractivity contribution is 5.23. The molecule has 1 nitrogen and oxygen atoms in total. The Hall–Kier alpha value is -0.890. The molecule has 0 aliphatic carbocycles. The van der Waals surface area contributed by atoms with Gasteiger partial charge in [0.15, 0.2) is 0 Å². The zero-order valence-corrected chi connectivity index (χ0v) is 8.85. The first-order chi connectivity index (χ1) is 6.74. The van der Waals surface area contributed by atoms with Gasteiger partial charge in [0.2, 0.25) is 0 Å². The van der Waals surface area contributed by atoms with Crippen LogP contribution < -0.4 is 0 Å². The number of halogens is 1. The molecule has 1 aromatic carbocycles. The van der Waals surface area contributed by atoms with Gasteiger partial charge in [-0.15, -0.1) is 0 Å². The molecule has 0 atom stereocenters. The molecule has 0 radical (unpaired) electrons. The molecule has 14 heavy (non-hydrogen) atoms. The molecule has 0 bridgehead atoms. The molecule has 0 heterocycles. The van der Waals surface area contributed by atoms with Crippen molar-refractivity contribution in [2.45, 2.75) is 33.3 Å². The highest BCUT2D eigenvalue weighted by Gasteiger charge is 1.98. The molecule has 0 aliphatic rings. The lowest BCUT2D eigenvalue weighted by Crippen LogP contribution is -1.96. The number of rotatable bonds is 5. The minimum Gasteiger partial charge on any atom is -0.377 e. The first-order valence-corrected chi connectivity index (χ1v) is 5.07. The number of ether oxygens (including phenoxy) is 1. The van der Waals surface area contributed by atoms with E-state index in [9.17, 15) is 4.39 Å². The lowest BCUT2D eigenvalue weighted by molar-refractivity contribution is 0.118. The van der Waals surface area contributed by atoms with E-state index in [4.69, 9.17) is 4.74 Å². The minimum absolute atomic E-state index is 0.151. The Bertz CT molecular complexity index is 284. The largest absolute Gasteiger partial charge is 0.377 e. The second kappa shape index (κ2) is 5.76. The van der Waals surface area contributed by atoms with Gasteiger partial charge in [0.25, 0.3) is 0 Å². The van der Waals surface area contributed by atoms with Gasteiger partial charge in [-0.1, -0.05) is 25.5 Å². The molecule has 0 N–H and O–H groups in total. The first kappa shape index (κ1) is 11.2. The summed E-state index contributed by atoms with van der Waals surface area (Å²) in [6.07, 6.45) is 2.22. The summed E-state index contributed by atoms with van der Waals surface area (Å²) < 4.78 is 18.3. The Morgan fingerprint density at radius 1 is 1.36 bits per heavy atom. The summed E-state index contributed by atoms with van der Waals surface area (Å²) >= 11 is 0. The smallest absolute Gasteiger partial charge is 0.126 e. The molecule has 0 aromatic heterocycles. The fourth-order valence-electron chi connectivity index (χ4n) is 1.23. The van der Waals surface area contributed by atoms with Crippen LogP contribution in [-0.2, 0) is 11.3 Å². The second-order valence-corrected chi connectivity index (χ2v) is 3.49. The average molecular weight is 196 g/mol. The monoisotopic (exact) mass is 196 g/mol. The molecule has 0 saturated carbocycles. The molecule has 1 aromatic rings. The van der Waals surface area contributed by atoms with Gasteiger partial charge in [0, 0.05) is 6.61 Å². The van der Waals surface area contributed by atoms with E-state index in [-0.39, 0.29) is 5.82 Å². The topological polar surface area (TPSA) is 9.23 Å². The zero-order chi connectivity index (χ0) is 10.4. The van der Waals surface area contributed by atoms with Crippen LogP contribution in [0.2, 0.25) is 0 Å². The van der Waals surface area contributed by atoms with Crippen molar-refractivity contribution in [2.75, 3.05) is 6.61 Å². The summed E-state index contributed by atoms with van der Waals surface area (Å²) in [7, 11) is 0. The number of benzene rings is 1. The van der Waals surface area contributed by atoms with Crippen molar-refractivity contribution in [3.05, 3.63) is 35.1 Å². The third-order valence-corrected chi connectivity index (χ3v) is 2.13. The van der Waals surface area contributed by atoms with E-state index in [0.29, 0.717) is 12.2 Å². The maximum atomic E-state index is 12.9. The maximum absolute atomic E-state index is 12.9. The molecule has 0 amide bonds. The zero-order valence-electron chi connectivity index (χ0n) is 8.85. The van der Waals surface area contributed by atoms with Crippen molar-refractivity contribution in [3.8, 4) is 0 Å². The van der Waals surface area contributed by atoms with Gasteiger partial charge in [0.05, 0.1) is 6.61 Å². The third kappa shape index (κ3) is 3.46. The van der Waals surface area contributed by atoms with Crippen LogP contribution in [0.5, 0.6) is 0 Å². The lowest BCUT2D eigenvalue weighted by atomic mass is 10.1. The Morgan fingerprint density at radius 2 is 2.14 bits per heavy atom. The fourth-order valence-corrected chi connectivity index (χ4v) is 1.23. The predicted octanol–water partition coefficient (Wildman–Crippen LogP) is 3.45. The molecule has 0 saturated heterocycles. The van der Waals surface area contributed by atoms with Gasteiger partial charge in [-0.05, 0) is 30.5 Å². The van der Waals surface area contributed by atoms with Gasteiger partial charge in [-0.2, -0.15) is 0 Å². The quantitative estimate of drug-likeness (QED) is 0.655. The van der Waals surface area contributed by atoms with Crippen LogP contribution in [-0.4, -0.2) is 6.61 Å². The standard InChI is InChI=1S/C12H17FO/c1-3-4-7-14-9-11-5-6-12(13)10(2)8-11/h5-6,8H,3-4,7,9H2,1-2H3. The Kier molecular flexibility index (Phi) is 4.60. The van der Waals surface area contributed by atoms with Crippen LogP contribution >= 0.6 is 0 Å². The van der Waals surface area contributed by atoms with E-state index >= 15 is 0 Å². The van der Waals surface area contributed by atoms with E-state index in [2.05, 4.69) is 6.92 Å². The predicted molar refractivity (Wildman–Crippen MR) is 55.7 cm³/mol. The van der Waals surface area contributed by atoms with Crippen molar-refractivity contribution >= 4 is 0 Å². The minimum atomic E-state index is -0.151. The van der Waals surface area contributed by atoms with Crippen molar-refractivity contribution in [2.24, 2.45) is 0 Å². The number of hydrogen-bond donors (Lipinski definition) is 0. The van der Waals surface area contributed by atoms with E-state index in [1.165, 1.54) is 6.07 Å². The summed E-state index contributed by atoms with van der Waals surface area (Å²) in [5.74, 6) is -0.151. The van der Waals surface area contributed by atoms with Crippen molar-refractivity contribution in [1.82, 2.24) is 0 Å². The molecule has 1 rings (SSSR count). The molecule has 78 valence electrons. The van der Waals surface area contributed by atoms with E-state index in [0.717, 1.165) is 25.0 Å². The SMILES string of the molecule is CCCCOCc1ccc(F)c(C)c1. The third-order valence-electron chi connectivity index (χ3n) is 2.13. The fraction of sp³-hybridized carbons (Fsp3) is 0.500. The molecule has 0 aliphatic heterocycles. The molecular weight excluding hydrogens is 179 g/mol. The maximum Gasteiger partial charge on any atom is 0.126 e. The molecule has 0 fully saturated rings. The van der Waals surface area contributed by atoms with Crippen LogP contribution in [0.25, 0.3) is 0 Å². The summed E-state index contributed by atoms with van der Waals surface area (Å²) in [6, 6.07) is 5.10. The molecule has 2 heteroatoms. The van der Waals surface area contributed by atoms with Crippen LogP contribution in [0.3, 0.4) is 0 Å².